The smallest absolute Gasteiger partial charge is 0.223 e. The second kappa shape index (κ2) is 5.76. The Hall–Kier alpha value is -2.24. The van der Waals surface area contributed by atoms with E-state index in [9.17, 15) is 13.6 Å². The van der Waals surface area contributed by atoms with E-state index in [1.54, 1.807) is 0 Å². The third-order valence-electron chi connectivity index (χ3n) is 4.26. The lowest BCUT2D eigenvalue weighted by molar-refractivity contribution is -0.129. The van der Waals surface area contributed by atoms with Crippen LogP contribution in [-0.2, 0) is 4.79 Å². The molecule has 6 heteroatoms. The van der Waals surface area contributed by atoms with Crippen molar-refractivity contribution in [3.8, 4) is 11.3 Å². The van der Waals surface area contributed by atoms with Crippen molar-refractivity contribution in [2.45, 2.75) is 39.2 Å². The summed E-state index contributed by atoms with van der Waals surface area (Å²) in [6, 6.07) is 3.90. The minimum Gasteiger partial charge on any atom is -0.345 e. The van der Waals surface area contributed by atoms with Crippen LogP contribution in [0.2, 0.25) is 0 Å². The fourth-order valence-corrected chi connectivity index (χ4v) is 3.02. The molecule has 1 saturated heterocycles. The Bertz CT molecular complexity index is 754. The molecule has 0 saturated carbocycles. The highest BCUT2D eigenvalue weighted by atomic mass is 19.2. The Morgan fingerprint density at radius 1 is 1.30 bits per heavy atom. The number of aromatic amines is 1. The summed E-state index contributed by atoms with van der Waals surface area (Å²) in [6.45, 7) is 6.44. The monoisotopic (exact) mass is 319 g/mol. The highest BCUT2D eigenvalue weighted by molar-refractivity contribution is 5.80. The van der Waals surface area contributed by atoms with E-state index >= 15 is 0 Å². The van der Waals surface area contributed by atoms with Crippen LogP contribution in [0, 0.1) is 18.6 Å². The van der Waals surface area contributed by atoms with Gasteiger partial charge in [0.25, 0.3) is 0 Å². The molecule has 0 bridgehead atoms. The molecule has 0 aliphatic carbocycles. The largest absolute Gasteiger partial charge is 0.345 e. The first-order chi connectivity index (χ1) is 10.9. The summed E-state index contributed by atoms with van der Waals surface area (Å²) in [5, 5.41) is 0. The molecular formula is C17H19F2N3O. The Kier molecular flexibility index (Phi) is 3.92. The van der Waals surface area contributed by atoms with Crippen LogP contribution in [0.3, 0.4) is 0 Å². The molecule has 23 heavy (non-hydrogen) atoms. The zero-order valence-corrected chi connectivity index (χ0v) is 13.4. The molecule has 4 nitrogen and oxygen atoms in total. The number of H-pyrrole nitrogens is 1. The van der Waals surface area contributed by atoms with E-state index in [0.29, 0.717) is 24.2 Å². The Morgan fingerprint density at radius 2 is 2.04 bits per heavy atom. The van der Waals surface area contributed by atoms with Crippen LogP contribution < -0.4 is 0 Å². The maximum atomic E-state index is 13.4. The zero-order chi connectivity index (χ0) is 16.7. The van der Waals surface area contributed by atoms with E-state index < -0.39 is 11.6 Å². The van der Waals surface area contributed by atoms with Gasteiger partial charge in [-0.3, -0.25) is 4.79 Å². The van der Waals surface area contributed by atoms with E-state index in [1.807, 2.05) is 25.7 Å². The van der Waals surface area contributed by atoms with E-state index in [0.717, 1.165) is 23.7 Å². The Balaban J connectivity index is 1.90. The van der Waals surface area contributed by atoms with Gasteiger partial charge in [-0.1, -0.05) is 0 Å². The van der Waals surface area contributed by atoms with Gasteiger partial charge < -0.3 is 9.88 Å². The van der Waals surface area contributed by atoms with Gasteiger partial charge >= 0.3 is 0 Å². The fraction of sp³-hybridized carbons (Fsp3) is 0.412. The minimum absolute atomic E-state index is 0.00245. The second-order valence-electron chi connectivity index (χ2n) is 6.27. The molecular weight excluding hydrogens is 300 g/mol. The molecule has 1 fully saturated rings. The number of nitrogens with zero attached hydrogens (tertiary/aromatic N) is 2. The van der Waals surface area contributed by atoms with Crippen LogP contribution in [0.15, 0.2) is 18.2 Å². The molecule has 0 radical (unpaired) electrons. The summed E-state index contributed by atoms with van der Waals surface area (Å²) in [7, 11) is 0. The van der Waals surface area contributed by atoms with Crippen molar-refractivity contribution in [3.63, 3.8) is 0 Å². The van der Waals surface area contributed by atoms with Crippen LogP contribution in [0.25, 0.3) is 11.3 Å². The first-order valence-corrected chi connectivity index (χ1v) is 7.68. The van der Waals surface area contributed by atoms with Gasteiger partial charge in [0.15, 0.2) is 11.6 Å². The van der Waals surface area contributed by atoms with Crippen molar-refractivity contribution >= 4 is 5.91 Å². The summed E-state index contributed by atoms with van der Waals surface area (Å²) < 4.78 is 26.5. The van der Waals surface area contributed by atoms with Crippen LogP contribution >= 0.6 is 0 Å². The van der Waals surface area contributed by atoms with Crippen molar-refractivity contribution in [1.29, 1.82) is 0 Å². The number of imidazole rings is 1. The molecule has 1 unspecified atom stereocenters. The number of aryl methyl sites for hydroxylation is 1. The van der Waals surface area contributed by atoms with Crippen LogP contribution in [0.4, 0.5) is 8.78 Å². The number of halogens is 2. The fourth-order valence-electron chi connectivity index (χ4n) is 3.02. The van der Waals surface area contributed by atoms with E-state index in [4.69, 9.17) is 0 Å². The molecule has 1 atom stereocenters. The van der Waals surface area contributed by atoms with Gasteiger partial charge in [0, 0.05) is 36.2 Å². The van der Waals surface area contributed by atoms with Crippen molar-refractivity contribution < 1.29 is 13.6 Å². The number of likely N-dealkylation sites (tertiary alicyclic amines) is 1. The van der Waals surface area contributed by atoms with Gasteiger partial charge in [0.05, 0.1) is 5.69 Å². The van der Waals surface area contributed by atoms with Gasteiger partial charge in [-0.05, 0) is 39.0 Å². The maximum absolute atomic E-state index is 13.4. The first kappa shape index (κ1) is 15.6. The zero-order valence-electron chi connectivity index (χ0n) is 13.4. The highest BCUT2D eigenvalue weighted by Crippen LogP contribution is 2.31. The van der Waals surface area contributed by atoms with Gasteiger partial charge in [-0.25, -0.2) is 13.8 Å². The number of hydrogen-bond donors (Lipinski definition) is 1. The number of aromatic nitrogens is 2. The third kappa shape index (κ3) is 2.85. The number of hydrogen-bond acceptors (Lipinski definition) is 2. The van der Waals surface area contributed by atoms with E-state index in [-0.39, 0.29) is 17.9 Å². The maximum Gasteiger partial charge on any atom is 0.223 e. The number of carbonyl (C=O) groups is 1. The molecule has 0 spiro atoms. The van der Waals surface area contributed by atoms with Crippen molar-refractivity contribution in [2.24, 2.45) is 0 Å². The molecule has 1 aliphatic heterocycles. The molecule has 1 amide bonds. The van der Waals surface area contributed by atoms with E-state index in [1.165, 1.54) is 6.07 Å². The molecule has 1 N–H and O–H groups in total. The van der Waals surface area contributed by atoms with Crippen LogP contribution in [-0.4, -0.2) is 33.4 Å². The minimum atomic E-state index is -0.895. The first-order valence-electron chi connectivity index (χ1n) is 7.68. The van der Waals surface area contributed by atoms with Crippen LogP contribution in [0.5, 0.6) is 0 Å². The lowest BCUT2D eigenvalue weighted by Gasteiger charge is -2.20. The molecule has 122 valence electrons. The number of carbonyl (C=O) groups excluding carboxylic acids is 1. The second-order valence-corrected chi connectivity index (χ2v) is 6.27. The lowest BCUT2D eigenvalue weighted by Crippen LogP contribution is -2.31. The summed E-state index contributed by atoms with van der Waals surface area (Å²) in [5.41, 5.74) is 1.89. The number of amides is 1. The quantitative estimate of drug-likeness (QED) is 0.943. The molecule has 1 aromatic carbocycles. The molecule has 2 aromatic rings. The van der Waals surface area contributed by atoms with Crippen molar-refractivity contribution in [2.75, 3.05) is 6.54 Å². The molecule has 2 heterocycles. The standard InChI is InChI=1S/C17H19F2N3O/c1-9(2)22-8-12(7-15(22)23)17-20-10(3)16(21-17)11-4-5-13(18)14(19)6-11/h4-6,9,12H,7-8H2,1-3H3,(H,20,21). The predicted molar refractivity (Wildman–Crippen MR) is 82.9 cm³/mol. The third-order valence-corrected chi connectivity index (χ3v) is 4.26. The average Bonchev–Trinajstić information content (AvgIpc) is 3.05. The van der Waals surface area contributed by atoms with Gasteiger partial charge in [0.1, 0.15) is 5.82 Å². The van der Waals surface area contributed by atoms with Gasteiger partial charge in [-0.2, -0.15) is 0 Å². The summed E-state index contributed by atoms with van der Waals surface area (Å²) in [4.78, 5) is 21.6. The summed E-state index contributed by atoms with van der Waals surface area (Å²) in [6.07, 6.45) is 0.419. The van der Waals surface area contributed by atoms with Crippen molar-refractivity contribution in [3.05, 3.63) is 41.4 Å². The highest BCUT2D eigenvalue weighted by Gasteiger charge is 2.34. The lowest BCUT2D eigenvalue weighted by atomic mass is 10.1. The topological polar surface area (TPSA) is 49.0 Å². The number of nitrogens with one attached hydrogen (secondary N) is 1. The van der Waals surface area contributed by atoms with E-state index in [2.05, 4.69) is 9.97 Å². The average molecular weight is 319 g/mol. The number of benzene rings is 1. The van der Waals surface area contributed by atoms with Crippen LogP contribution in [0.1, 0.15) is 37.7 Å². The summed E-state index contributed by atoms with van der Waals surface area (Å²) >= 11 is 0. The van der Waals surface area contributed by atoms with Gasteiger partial charge in [0.2, 0.25) is 5.91 Å². The van der Waals surface area contributed by atoms with Crippen molar-refractivity contribution in [1.82, 2.24) is 14.9 Å². The molecule has 3 rings (SSSR count). The molecule has 1 aliphatic rings. The summed E-state index contributed by atoms with van der Waals surface area (Å²) in [5.74, 6) is -0.931. The Labute approximate surface area is 133 Å². The predicted octanol–water partition coefficient (Wildman–Crippen LogP) is 3.39. The SMILES string of the molecule is Cc1[nH]c(C2CC(=O)N(C(C)C)C2)nc1-c1ccc(F)c(F)c1. The van der Waals surface area contributed by atoms with Gasteiger partial charge in [-0.15, -0.1) is 0 Å². The normalized spacial score (nSPS) is 18.3. The Morgan fingerprint density at radius 3 is 2.65 bits per heavy atom. The molecule has 1 aromatic heterocycles. The number of rotatable bonds is 3.